The van der Waals surface area contributed by atoms with Crippen molar-refractivity contribution in [2.24, 2.45) is 5.41 Å². The summed E-state index contributed by atoms with van der Waals surface area (Å²) < 4.78 is 2.26. The van der Waals surface area contributed by atoms with Crippen LogP contribution >= 0.6 is 0 Å². The fourth-order valence-electron chi connectivity index (χ4n) is 2.89. The molecule has 0 spiro atoms. The third-order valence-corrected chi connectivity index (χ3v) is 4.07. The van der Waals surface area contributed by atoms with Gasteiger partial charge >= 0.3 is 0 Å². The van der Waals surface area contributed by atoms with Crippen LogP contribution in [0.25, 0.3) is 0 Å². The Morgan fingerprint density at radius 3 is 2.82 bits per heavy atom. The fraction of sp³-hybridized carbons (Fsp3) is 0.714. The Bertz CT molecular complexity index is 340. The van der Waals surface area contributed by atoms with Crippen molar-refractivity contribution in [1.29, 1.82) is 0 Å². The molecule has 0 radical (unpaired) electrons. The number of hydrogen-bond acceptors (Lipinski definition) is 2. The van der Waals surface area contributed by atoms with E-state index in [-0.39, 0.29) is 5.41 Å². The Balaban J connectivity index is 1.82. The van der Waals surface area contributed by atoms with Crippen molar-refractivity contribution in [1.82, 2.24) is 9.88 Å². The van der Waals surface area contributed by atoms with Crippen LogP contribution < -0.4 is 5.32 Å². The molecular weight excluding hydrogens is 212 g/mol. The summed E-state index contributed by atoms with van der Waals surface area (Å²) in [5.41, 5.74) is 1.49. The predicted octanol–water partition coefficient (Wildman–Crippen LogP) is 2.15. The lowest BCUT2D eigenvalue weighted by atomic mass is 9.87. The zero-order valence-corrected chi connectivity index (χ0v) is 10.8. The quantitative estimate of drug-likeness (QED) is 0.794. The minimum Gasteiger partial charge on any atom is -0.396 e. The van der Waals surface area contributed by atoms with E-state index in [9.17, 15) is 5.11 Å². The minimum atomic E-state index is 0.156. The molecular formula is C14H24N2O. The van der Waals surface area contributed by atoms with E-state index in [4.69, 9.17) is 0 Å². The maximum absolute atomic E-state index is 9.53. The molecule has 1 saturated carbocycles. The van der Waals surface area contributed by atoms with Gasteiger partial charge in [-0.15, -0.1) is 0 Å². The first-order chi connectivity index (χ1) is 8.29. The molecule has 1 aromatic heterocycles. The van der Waals surface area contributed by atoms with Crippen LogP contribution in [0.3, 0.4) is 0 Å². The lowest BCUT2D eigenvalue weighted by Gasteiger charge is -2.26. The molecule has 0 aromatic carbocycles. The number of aliphatic hydroxyl groups is 1. The molecule has 1 aliphatic carbocycles. The number of aromatic nitrogens is 1. The zero-order chi connectivity index (χ0) is 12.1. The van der Waals surface area contributed by atoms with Crippen molar-refractivity contribution >= 4 is 0 Å². The molecule has 96 valence electrons. The summed E-state index contributed by atoms with van der Waals surface area (Å²) in [4.78, 5) is 0. The summed E-state index contributed by atoms with van der Waals surface area (Å²) in [5, 5.41) is 13.0. The smallest absolute Gasteiger partial charge is 0.0499 e. The highest BCUT2D eigenvalue weighted by atomic mass is 16.3. The molecule has 1 aliphatic rings. The highest BCUT2D eigenvalue weighted by Crippen LogP contribution is 2.36. The van der Waals surface area contributed by atoms with E-state index in [1.54, 1.807) is 0 Å². The molecule has 0 amide bonds. The molecule has 2 rings (SSSR count). The van der Waals surface area contributed by atoms with E-state index in [2.05, 4.69) is 35.1 Å². The molecule has 3 heteroatoms. The summed E-state index contributed by atoms with van der Waals surface area (Å²) >= 11 is 0. The van der Waals surface area contributed by atoms with Gasteiger partial charge in [-0.05, 0) is 31.9 Å². The van der Waals surface area contributed by atoms with Crippen LogP contribution in [0.2, 0.25) is 0 Å². The number of hydrogen-bond donors (Lipinski definition) is 2. The monoisotopic (exact) mass is 236 g/mol. The van der Waals surface area contributed by atoms with Gasteiger partial charge in [-0.2, -0.15) is 0 Å². The topological polar surface area (TPSA) is 37.2 Å². The van der Waals surface area contributed by atoms with Gasteiger partial charge in [0.25, 0.3) is 0 Å². The summed E-state index contributed by atoms with van der Waals surface area (Å²) in [6.07, 6.45) is 7.01. The Labute approximate surface area is 104 Å². The third kappa shape index (κ3) is 2.90. The van der Waals surface area contributed by atoms with Gasteiger partial charge in [-0.25, -0.2) is 0 Å². The van der Waals surface area contributed by atoms with Gasteiger partial charge in [0, 0.05) is 43.5 Å². The average Bonchev–Trinajstić information content (AvgIpc) is 2.98. The first kappa shape index (κ1) is 12.7. The van der Waals surface area contributed by atoms with Crippen molar-refractivity contribution in [2.45, 2.75) is 45.7 Å². The summed E-state index contributed by atoms with van der Waals surface area (Å²) in [6.45, 7) is 5.36. The molecule has 17 heavy (non-hydrogen) atoms. The molecule has 2 N–H and O–H groups in total. The number of nitrogens with one attached hydrogen (secondary N) is 1. The van der Waals surface area contributed by atoms with E-state index in [0.717, 1.165) is 19.6 Å². The van der Waals surface area contributed by atoms with Gasteiger partial charge in [0.2, 0.25) is 0 Å². The maximum Gasteiger partial charge on any atom is 0.0499 e. The van der Waals surface area contributed by atoms with Crippen LogP contribution in [0.5, 0.6) is 0 Å². The normalized spacial score (nSPS) is 18.7. The predicted molar refractivity (Wildman–Crippen MR) is 69.8 cm³/mol. The first-order valence-corrected chi connectivity index (χ1v) is 6.75. The second-order valence-electron chi connectivity index (χ2n) is 5.25. The van der Waals surface area contributed by atoms with Crippen LogP contribution in [0.1, 0.15) is 38.3 Å². The molecule has 1 heterocycles. The van der Waals surface area contributed by atoms with E-state index >= 15 is 0 Å². The summed E-state index contributed by atoms with van der Waals surface area (Å²) in [7, 11) is 0. The second-order valence-corrected chi connectivity index (χ2v) is 5.25. The zero-order valence-electron chi connectivity index (χ0n) is 10.8. The van der Waals surface area contributed by atoms with Crippen LogP contribution in [0.15, 0.2) is 18.3 Å². The average molecular weight is 236 g/mol. The van der Waals surface area contributed by atoms with Crippen LogP contribution in [-0.2, 0) is 13.1 Å². The van der Waals surface area contributed by atoms with Crippen LogP contribution in [0, 0.1) is 5.41 Å². The van der Waals surface area contributed by atoms with Crippen LogP contribution in [0.4, 0.5) is 0 Å². The lowest BCUT2D eigenvalue weighted by molar-refractivity contribution is 0.128. The van der Waals surface area contributed by atoms with Gasteiger partial charge in [0.05, 0.1) is 0 Å². The molecule has 3 nitrogen and oxygen atoms in total. The van der Waals surface area contributed by atoms with Crippen LogP contribution in [-0.4, -0.2) is 22.8 Å². The van der Waals surface area contributed by atoms with E-state index < -0.39 is 0 Å². The number of rotatable bonds is 6. The molecule has 0 aliphatic heterocycles. The number of aryl methyl sites for hydroxylation is 1. The Kier molecular flexibility index (Phi) is 4.24. The Hall–Kier alpha value is -0.800. The Morgan fingerprint density at radius 2 is 2.18 bits per heavy atom. The van der Waals surface area contributed by atoms with Crippen molar-refractivity contribution in [3.05, 3.63) is 24.0 Å². The van der Waals surface area contributed by atoms with Crippen molar-refractivity contribution in [3.63, 3.8) is 0 Å². The number of nitrogens with zero attached hydrogens (tertiary/aromatic N) is 1. The third-order valence-electron chi connectivity index (χ3n) is 4.07. The molecule has 0 bridgehead atoms. The number of aliphatic hydroxyl groups excluding tert-OH is 1. The van der Waals surface area contributed by atoms with Gasteiger partial charge in [-0.3, -0.25) is 0 Å². The molecule has 1 aromatic rings. The van der Waals surface area contributed by atoms with E-state index in [1.807, 2.05) is 0 Å². The lowest BCUT2D eigenvalue weighted by Crippen LogP contribution is -2.35. The van der Waals surface area contributed by atoms with Crippen molar-refractivity contribution in [2.75, 3.05) is 13.2 Å². The van der Waals surface area contributed by atoms with Crippen molar-refractivity contribution in [3.8, 4) is 0 Å². The Morgan fingerprint density at radius 1 is 1.41 bits per heavy atom. The van der Waals surface area contributed by atoms with Gasteiger partial charge in [0.15, 0.2) is 0 Å². The highest BCUT2D eigenvalue weighted by Gasteiger charge is 2.32. The minimum absolute atomic E-state index is 0.156. The van der Waals surface area contributed by atoms with Gasteiger partial charge in [-0.1, -0.05) is 12.8 Å². The van der Waals surface area contributed by atoms with E-state index in [1.165, 1.54) is 31.4 Å². The van der Waals surface area contributed by atoms with Gasteiger partial charge < -0.3 is 15.0 Å². The SMILES string of the molecule is CCn1cccc1CNCC1(CO)CCCC1. The molecule has 0 saturated heterocycles. The largest absolute Gasteiger partial charge is 0.396 e. The van der Waals surface area contributed by atoms with E-state index in [0.29, 0.717) is 6.61 Å². The fourth-order valence-corrected chi connectivity index (χ4v) is 2.89. The first-order valence-electron chi connectivity index (χ1n) is 6.75. The van der Waals surface area contributed by atoms with Crippen molar-refractivity contribution < 1.29 is 5.11 Å². The summed E-state index contributed by atoms with van der Waals surface area (Å²) in [5.74, 6) is 0. The molecule has 0 unspecified atom stereocenters. The highest BCUT2D eigenvalue weighted by molar-refractivity contribution is 5.06. The standard InChI is InChI=1S/C14H24N2O/c1-2-16-9-5-6-13(16)10-15-11-14(12-17)7-3-4-8-14/h5-6,9,15,17H,2-4,7-8,10-12H2,1H3. The molecule has 1 fully saturated rings. The molecule has 0 atom stereocenters. The maximum atomic E-state index is 9.53. The second kappa shape index (κ2) is 5.69. The summed E-state index contributed by atoms with van der Waals surface area (Å²) in [6, 6.07) is 4.26. The van der Waals surface area contributed by atoms with Gasteiger partial charge in [0.1, 0.15) is 0 Å².